The van der Waals surface area contributed by atoms with Crippen molar-refractivity contribution in [3.05, 3.63) is 35.4 Å². The number of aryl methyl sites for hydroxylation is 1. The molecule has 0 aliphatic carbocycles. The zero-order valence-corrected chi connectivity index (χ0v) is 12.0. The van der Waals surface area contributed by atoms with Gasteiger partial charge in [0.15, 0.2) is 0 Å². The number of amides is 1. The number of hydrogen-bond donors (Lipinski definition) is 2. The van der Waals surface area contributed by atoms with Gasteiger partial charge in [-0.3, -0.25) is 4.79 Å². The average Bonchev–Trinajstić information content (AvgIpc) is 2.26. The van der Waals surface area contributed by atoms with Crippen molar-refractivity contribution < 1.29 is 4.79 Å². The second kappa shape index (κ2) is 5.11. The molecule has 1 amide bonds. The molecule has 0 saturated carbocycles. The first-order valence-electron chi connectivity index (χ1n) is 6.28. The third-order valence-electron chi connectivity index (χ3n) is 3.88. The summed E-state index contributed by atoms with van der Waals surface area (Å²) < 4.78 is 0. The molecule has 0 aliphatic heterocycles. The zero-order valence-electron chi connectivity index (χ0n) is 12.0. The molecule has 3 N–H and O–H groups in total. The maximum atomic E-state index is 12.2. The molecule has 100 valence electrons. The predicted octanol–water partition coefficient (Wildman–Crippen LogP) is 2.37. The van der Waals surface area contributed by atoms with Crippen LogP contribution in [0, 0.1) is 12.3 Å². The van der Waals surface area contributed by atoms with E-state index in [9.17, 15) is 4.79 Å². The highest BCUT2D eigenvalue weighted by atomic mass is 16.2. The molecule has 0 unspecified atom stereocenters. The highest BCUT2D eigenvalue weighted by molar-refractivity contribution is 5.83. The number of hydrogen-bond acceptors (Lipinski definition) is 2. The first kappa shape index (κ1) is 14.7. The van der Waals surface area contributed by atoms with E-state index < -0.39 is 11.0 Å². The highest BCUT2D eigenvalue weighted by Gasteiger charge is 2.40. The molecule has 0 saturated heterocycles. The number of nitrogens with two attached hydrogens (primary N) is 1. The Morgan fingerprint density at radius 3 is 2.28 bits per heavy atom. The minimum Gasteiger partial charge on any atom is -0.351 e. The van der Waals surface area contributed by atoms with Crippen molar-refractivity contribution in [1.82, 2.24) is 5.32 Å². The molecular weight excluding hydrogens is 224 g/mol. The quantitative estimate of drug-likeness (QED) is 0.859. The van der Waals surface area contributed by atoms with Gasteiger partial charge in [-0.1, -0.05) is 24.3 Å². The highest BCUT2D eigenvalue weighted by Crippen LogP contribution is 2.28. The summed E-state index contributed by atoms with van der Waals surface area (Å²) >= 11 is 0. The molecular formula is C15H24N2O. The smallest absolute Gasteiger partial charge is 0.227 e. The monoisotopic (exact) mass is 248 g/mol. The first-order chi connectivity index (χ1) is 8.16. The Hall–Kier alpha value is -1.35. The van der Waals surface area contributed by atoms with Crippen molar-refractivity contribution in [2.45, 2.75) is 46.7 Å². The Morgan fingerprint density at radius 1 is 1.22 bits per heavy atom. The van der Waals surface area contributed by atoms with Gasteiger partial charge in [0.1, 0.15) is 0 Å². The molecule has 0 atom stereocenters. The molecule has 0 radical (unpaired) electrons. The van der Waals surface area contributed by atoms with Crippen molar-refractivity contribution in [3.8, 4) is 0 Å². The van der Waals surface area contributed by atoms with E-state index in [2.05, 4.69) is 5.32 Å². The molecule has 18 heavy (non-hydrogen) atoms. The molecule has 0 bridgehead atoms. The molecule has 3 heteroatoms. The van der Waals surface area contributed by atoms with E-state index in [1.807, 2.05) is 58.9 Å². The van der Waals surface area contributed by atoms with Crippen LogP contribution in [0.5, 0.6) is 0 Å². The lowest BCUT2D eigenvalue weighted by Crippen LogP contribution is -2.55. The largest absolute Gasteiger partial charge is 0.351 e. The average molecular weight is 248 g/mol. The van der Waals surface area contributed by atoms with E-state index in [1.165, 1.54) is 5.56 Å². The van der Waals surface area contributed by atoms with Crippen molar-refractivity contribution in [2.75, 3.05) is 0 Å². The Balaban J connectivity index is 2.71. The second-order valence-electron chi connectivity index (χ2n) is 5.96. The Bertz CT molecular complexity index is 430. The van der Waals surface area contributed by atoms with Crippen LogP contribution in [0.2, 0.25) is 0 Å². The van der Waals surface area contributed by atoms with Crippen LogP contribution in [0.4, 0.5) is 0 Å². The van der Waals surface area contributed by atoms with Crippen LogP contribution in [-0.4, -0.2) is 11.4 Å². The number of benzene rings is 1. The summed E-state index contributed by atoms with van der Waals surface area (Å²) in [4.78, 5) is 12.2. The van der Waals surface area contributed by atoms with Crippen LogP contribution in [0.1, 0.15) is 38.8 Å². The van der Waals surface area contributed by atoms with Gasteiger partial charge in [-0.25, -0.2) is 0 Å². The van der Waals surface area contributed by atoms with Gasteiger partial charge in [0.05, 0.1) is 5.41 Å². The lowest BCUT2D eigenvalue weighted by atomic mass is 9.74. The second-order valence-corrected chi connectivity index (χ2v) is 5.96. The Kier molecular flexibility index (Phi) is 4.17. The molecule has 0 fully saturated rings. The SMILES string of the molecule is Cc1ccccc1CNC(=O)C(C)(C)C(C)(C)N. The zero-order chi connectivity index (χ0) is 14.0. The number of carbonyl (C=O) groups is 1. The number of carbonyl (C=O) groups excluding carboxylic acids is 1. The fraction of sp³-hybridized carbons (Fsp3) is 0.533. The van der Waals surface area contributed by atoms with E-state index in [0.717, 1.165) is 5.56 Å². The molecule has 0 aliphatic rings. The maximum Gasteiger partial charge on any atom is 0.227 e. The van der Waals surface area contributed by atoms with Gasteiger partial charge < -0.3 is 11.1 Å². The number of rotatable bonds is 4. The lowest BCUT2D eigenvalue weighted by Gasteiger charge is -2.36. The molecule has 1 rings (SSSR count). The van der Waals surface area contributed by atoms with Crippen LogP contribution >= 0.6 is 0 Å². The molecule has 3 nitrogen and oxygen atoms in total. The summed E-state index contributed by atoms with van der Waals surface area (Å²) in [5, 5.41) is 2.97. The summed E-state index contributed by atoms with van der Waals surface area (Å²) in [7, 11) is 0. The van der Waals surface area contributed by atoms with Crippen molar-refractivity contribution in [1.29, 1.82) is 0 Å². The normalized spacial score (nSPS) is 12.3. The van der Waals surface area contributed by atoms with Gasteiger partial charge in [0, 0.05) is 12.1 Å². The van der Waals surface area contributed by atoms with Gasteiger partial charge in [0.25, 0.3) is 0 Å². The fourth-order valence-corrected chi connectivity index (χ4v) is 1.50. The fourth-order valence-electron chi connectivity index (χ4n) is 1.50. The van der Waals surface area contributed by atoms with Crippen LogP contribution in [0.25, 0.3) is 0 Å². The van der Waals surface area contributed by atoms with Crippen molar-refractivity contribution >= 4 is 5.91 Å². The Labute approximate surface area is 110 Å². The molecule has 1 aromatic carbocycles. The van der Waals surface area contributed by atoms with Crippen molar-refractivity contribution in [2.24, 2.45) is 11.1 Å². The summed E-state index contributed by atoms with van der Waals surface area (Å²) in [6, 6.07) is 8.04. The molecule has 0 aromatic heterocycles. The third-order valence-corrected chi connectivity index (χ3v) is 3.88. The van der Waals surface area contributed by atoms with Gasteiger partial charge in [-0.15, -0.1) is 0 Å². The molecule has 0 spiro atoms. The molecule has 0 heterocycles. The van der Waals surface area contributed by atoms with Gasteiger partial charge in [-0.2, -0.15) is 0 Å². The lowest BCUT2D eigenvalue weighted by molar-refractivity contribution is -0.132. The molecule has 1 aromatic rings. The van der Waals surface area contributed by atoms with E-state index >= 15 is 0 Å². The van der Waals surface area contributed by atoms with Gasteiger partial charge >= 0.3 is 0 Å². The van der Waals surface area contributed by atoms with Crippen molar-refractivity contribution in [3.63, 3.8) is 0 Å². The van der Waals surface area contributed by atoms with Crippen LogP contribution in [0.15, 0.2) is 24.3 Å². The third kappa shape index (κ3) is 3.10. The minimum atomic E-state index is -0.602. The van der Waals surface area contributed by atoms with E-state index in [0.29, 0.717) is 6.54 Å². The summed E-state index contributed by atoms with van der Waals surface area (Å²) in [6.45, 7) is 10.1. The Morgan fingerprint density at radius 2 is 1.78 bits per heavy atom. The van der Waals surface area contributed by atoms with E-state index in [4.69, 9.17) is 5.73 Å². The summed E-state index contributed by atoms with van der Waals surface area (Å²) in [5.41, 5.74) is 7.22. The van der Waals surface area contributed by atoms with E-state index in [-0.39, 0.29) is 5.91 Å². The van der Waals surface area contributed by atoms with Crippen LogP contribution in [-0.2, 0) is 11.3 Å². The minimum absolute atomic E-state index is 0.0155. The van der Waals surface area contributed by atoms with Gasteiger partial charge in [0.2, 0.25) is 5.91 Å². The van der Waals surface area contributed by atoms with E-state index in [1.54, 1.807) is 0 Å². The first-order valence-corrected chi connectivity index (χ1v) is 6.28. The van der Waals surface area contributed by atoms with Gasteiger partial charge in [-0.05, 0) is 45.7 Å². The topological polar surface area (TPSA) is 55.1 Å². The summed E-state index contributed by atoms with van der Waals surface area (Å²) in [5.74, 6) is -0.0155. The van der Waals surface area contributed by atoms with Crippen LogP contribution < -0.4 is 11.1 Å². The standard InChI is InChI=1S/C15H24N2O/c1-11-8-6-7-9-12(11)10-17-13(18)14(2,3)15(4,5)16/h6-9H,10,16H2,1-5H3,(H,17,18). The predicted molar refractivity (Wildman–Crippen MR) is 75.1 cm³/mol. The van der Waals surface area contributed by atoms with Crippen LogP contribution in [0.3, 0.4) is 0 Å². The summed E-state index contributed by atoms with van der Waals surface area (Å²) in [6.07, 6.45) is 0. The number of nitrogens with one attached hydrogen (secondary N) is 1. The maximum absolute atomic E-state index is 12.2.